The molecule has 2 aromatic rings. The van der Waals surface area contributed by atoms with E-state index in [1.165, 1.54) is 6.20 Å². The number of pyridine rings is 1. The summed E-state index contributed by atoms with van der Waals surface area (Å²) >= 11 is 0. The molecule has 0 aliphatic heterocycles. The number of nitriles is 1. The van der Waals surface area contributed by atoms with E-state index >= 15 is 0 Å². The molecule has 5 heteroatoms. The van der Waals surface area contributed by atoms with Gasteiger partial charge in [0.1, 0.15) is 17.6 Å². The number of ether oxygens (including phenoxy) is 2. The lowest BCUT2D eigenvalue weighted by Crippen LogP contribution is -1.94. The smallest absolute Gasteiger partial charge is 0.219 e. The van der Waals surface area contributed by atoms with Gasteiger partial charge in [-0.3, -0.25) is 0 Å². The van der Waals surface area contributed by atoms with E-state index in [0.717, 1.165) is 0 Å². The molecule has 1 aromatic carbocycles. The van der Waals surface area contributed by atoms with E-state index in [2.05, 4.69) is 4.98 Å². The largest absolute Gasteiger partial charge is 0.495 e. The maximum Gasteiger partial charge on any atom is 0.219 e. The topological polar surface area (TPSA) is 81.2 Å². The molecule has 0 amide bonds. The SMILES string of the molecule is COc1ccc(Oc2ccc(C#N)cn2)cc1N. The highest BCUT2D eigenvalue weighted by Crippen LogP contribution is 2.28. The number of hydrogen-bond acceptors (Lipinski definition) is 5. The van der Waals surface area contributed by atoms with Crippen LogP contribution in [0.4, 0.5) is 5.69 Å². The Morgan fingerprint density at radius 2 is 2.11 bits per heavy atom. The van der Waals surface area contributed by atoms with Gasteiger partial charge in [0.15, 0.2) is 0 Å². The van der Waals surface area contributed by atoms with Crippen molar-refractivity contribution in [1.29, 1.82) is 5.26 Å². The third-order valence-electron chi connectivity index (χ3n) is 2.29. The van der Waals surface area contributed by atoms with Crippen LogP contribution in [0.15, 0.2) is 36.5 Å². The molecule has 0 bridgehead atoms. The van der Waals surface area contributed by atoms with Gasteiger partial charge in [0.05, 0.1) is 18.4 Å². The fraction of sp³-hybridized carbons (Fsp3) is 0.0769. The van der Waals surface area contributed by atoms with Gasteiger partial charge in [0.25, 0.3) is 0 Å². The summed E-state index contributed by atoms with van der Waals surface area (Å²) in [6.45, 7) is 0. The second kappa shape index (κ2) is 5.06. The molecule has 2 N–H and O–H groups in total. The Bertz CT molecular complexity index is 588. The molecule has 0 saturated carbocycles. The summed E-state index contributed by atoms with van der Waals surface area (Å²) in [4.78, 5) is 4.00. The summed E-state index contributed by atoms with van der Waals surface area (Å²) in [5.74, 6) is 1.55. The highest BCUT2D eigenvalue weighted by Gasteiger charge is 2.03. The van der Waals surface area contributed by atoms with E-state index in [1.807, 2.05) is 6.07 Å². The lowest BCUT2D eigenvalue weighted by Gasteiger charge is -2.08. The first kappa shape index (κ1) is 11.7. The standard InChI is InChI=1S/C13H11N3O2/c1-17-12-4-3-10(6-11(12)15)18-13-5-2-9(7-14)8-16-13/h2-6,8H,15H2,1H3. The molecule has 0 radical (unpaired) electrons. The highest BCUT2D eigenvalue weighted by molar-refractivity contribution is 5.56. The Labute approximate surface area is 104 Å². The Kier molecular flexibility index (Phi) is 3.30. The molecule has 0 unspecified atom stereocenters. The number of hydrogen-bond donors (Lipinski definition) is 1. The van der Waals surface area contributed by atoms with Crippen molar-refractivity contribution in [2.45, 2.75) is 0 Å². The third kappa shape index (κ3) is 2.50. The van der Waals surface area contributed by atoms with Crippen LogP contribution in [0.5, 0.6) is 17.4 Å². The van der Waals surface area contributed by atoms with E-state index in [9.17, 15) is 0 Å². The fourth-order valence-corrected chi connectivity index (χ4v) is 1.40. The minimum atomic E-state index is 0.401. The molecular formula is C13H11N3O2. The Hall–Kier alpha value is -2.74. The second-order valence-electron chi connectivity index (χ2n) is 3.50. The maximum absolute atomic E-state index is 8.65. The van der Waals surface area contributed by atoms with Gasteiger partial charge >= 0.3 is 0 Å². The number of nitrogens with two attached hydrogens (primary N) is 1. The van der Waals surface area contributed by atoms with E-state index in [1.54, 1.807) is 37.4 Å². The minimum Gasteiger partial charge on any atom is -0.495 e. The van der Waals surface area contributed by atoms with Crippen LogP contribution in [0.25, 0.3) is 0 Å². The van der Waals surface area contributed by atoms with Crippen molar-refractivity contribution in [2.75, 3.05) is 12.8 Å². The summed E-state index contributed by atoms with van der Waals surface area (Å²) in [5, 5.41) is 8.65. The summed E-state index contributed by atoms with van der Waals surface area (Å²) in [6, 6.07) is 10.3. The van der Waals surface area contributed by atoms with Crippen LogP contribution in [0.2, 0.25) is 0 Å². The first-order chi connectivity index (χ1) is 8.72. The molecule has 1 aromatic heterocycles. The molecular weight excluding hydrogens is 230 g/mol. The molecule has 1 heterocycles. The molecule has 18 heavy (non-hydrogen) atoms. The zero-order valence-electron chi connectivity index (χ0n) is 9.75. The van der Waals surface area contributed by atoms with Crippen LogP contribution in [-0.2, 0) is 0 Å². The third-order valence-corrected chi connectivity index (χ3v) is 2.29. The zero-order valence-corrected chi connectivity index (χ0v) is 9.75. The Balaban J connectivity index is 2.18. The van der Waals surface area contributed by atoms with E-state index in [4.69, 9.17) is 20.5 Å². The number of anilines is 1. The second-order valence-corrected chi connectivity index (χ2v) is 3.50. The normalized spacial score (nSPS) is 9.56. The molecule has 5 nitrogen and oxygen atoms in total. The number of aromatic nitrogens is 1. The van der Waals surface area contributed by atoms with E-state index < -0.39 is 0 Å². The first-order valence-corrected chi connectivity index (χ1v) is 5.20. The lowest BCUT2D eigenvalue weighted by atomic mass is 10.3. The molecule has 0 saturated heterocycles. The summed E-state index contributed by atoms with van der Waals surface area (Å²) in [5.41, 5.74) is 6.74. The summed E-state index contributed by atoms with van der Waals surface area (Å²) in [6.07, 6.45) is 1.45. The molecule has 0 spiro atoms. The van der Waals surface area contributed by atoms with Gasteiger partial charge in [0, 0.05) is 18.3 Å². The first-order valence-electron chi connectivity index (χ1n) is 5.20. The van der Waals surface area contributed by atoms with Crippen LogP contribution >= 0.6 is 0 Å². The molecule has 0 fully saturated rings. The van der Waals surface area contributed by atoms with E-state index in [0.29, 0.717) is 28.6 Å². The number of nitrogen functional groups attached to an aromatic ring is 1. The van der Waals surface area contributed by atoms with Crippen LogP contribution in [0.3, 0.4) is 0 Å². The van der Waals surface area contributed by atoms with Crippen molar-refractivity contribution in [3.63, 3.8) is 0 Å². The molecule has 0 aliphatic carbocycles. The summed E-state index contributed by atoms with van der Waals surface area (Å²) in [7, 11) is 1.55. The van der Waals surface area contributed by atoms with Gasteiger partial charge in [-0.05, 0) is 18.2 Å². The van der Waals surface area contributed by atoms with Gasteiger partial charge in [-0.15, -0.1) is 0 Å². The molecule has 2 rings (SSSR count). The van der Waals surface area contributed by atoms with Crippen LogP contribution in [0.1, 0.15) is 5.56 Å². The Morgan fingerprint density at radius 3 is 2.67 bits per heavy atom. The predicted octanol–water partition coefficient (Wildman–Crippen LogP) is 2.34. The van der Waals surface area contributed by atoms with Crippen molar-refractivity contribution in [3.05, 3.63) is 42.1 Å². The molecule has 0 aliphatic rings. The van der Waals surface area contributed by atoms with Crippen LogP contribution in [-0.4, -0.2) is 12.1 Å². The number of rotatable bonds is 3. The van der Waals surface area contributed by atoms with Gasteiger partial charge in [-0.2, -0.15) is 5.26 Å². The minimum absolute atomic E-state index is 0.401. The van der Waals surface area contributed by atoms with E-state index in [-0.39, 0.29) is 0 Å². The maximum atomic E-state index is 8.65. The van der Waals surface area contributed by atoms with Gasteiger partial charge < -0.3 is 15.2 Å². The van der Waals surface area contributed by atoms with Crippen molar-refractivity contribution in [2.24, 2.45) is 0 Å². The highest BCUT2D eigenvalue weighted by atomic mass is 16.5. The lowest BCUT2D eigenvalue weighted by molar-refractivity contribution is 0.414. The number of benzene rings is 1. The quantitative estimate of drug-likeness (QED) is 0.834. The Morgan fingerprint density at radius 1 is 1.28 bits per heavy atom. The van der Waals surface area contributed by atoms with Crippen molar-refractivity contribution in [1.82, 2.24) is 4.98 Å². The number of methoxy groups -OCH3 is 1. The fourth-order valence-electron chi connectivity index (χ4n) is 1.40. The van der Waals surface area contributed by atoms with Crippen molar-refractivity contribution < 1.29 is 9.47 Å². The van der Waals surface area contributed by atoms with Crippen molar-refractivity contribution in [3.8, 4) is 23.4 Å². The average Bonchev–Trinajstić information content (AvgIpc) is 2.40. The van der Waals surface area contributed by atoms with Gasteiger partial charge in [-0.1, -0.05) is 0 Å². The average molecular weight is 241 g/mol. The molecule has 0 atom stereocenters. The summed E-state index contributed by atoms with van der Waals surface area (Å²) < 4.78 is 10.6. The van der Waals surface area contributed by atoms with Crippen molar-refractivity contribution >= 4 is 5.69 Å². The number of nitrogens with zero attached hydrogens (tertiary/aromatic N) is 2. The molecule has 90 valence electrons. The zero-order chi connectivity index (χ0) is 13.0. The van der Waals surface area contributed by atoms with Crippen LogP contribution in [0, 0.1) is 11.3 Å². The monoisotopic (exact) mass is 241 g/mol. The van der Waals surface area contributed by atoms with Crippen LogP contribution < -0.4 is 15.2 Å². The van der Waals surface area contributed by atoms with Gasteiger partial charge in [0.2, 0.25) is 5.88 Å². The van der Waals surface area contributed by atoms with Gasteiger partial charge in [-0.25, -0.2) is 4.98 Å². The predicted molar refractivity (Wildman–Crippen MR) is 66.4 cm³/mol.